The minimum absolute atomic E-state index is 0.0231. The summed E-state index contributed by atoms with van der Waals surface area (Å²) >= 11 is 11.8. The number of rotatable bonds is 5. The molecule has 0 radical (unpaired) electrons. The maximum atomic E-state index is 5.89. The first-order chi connectivity index (χ1) is 6.63. The fourth-order valence-corrected chi connectivity index (χ4v) is 1.77. The van der Waals surface area contributed by atoms with Crippen molar-refractivity contribution in [3.8, 4) is 0 Å². The van der Waals surface area contributed by atoms with Gasteiger partial charge in [-0.2, -0.15) is 5.10 Å². The van der Waals surface area contributed by atoms with Gasteiger partial charge in [-0.1, -0.05) is 6.92 Å². The topological polar surface area (TPSA) is 17.8 Å². The Kier molecular flexibility index (Phi) is 4.27. The van der Waals surface area contributed by atoms with Crippen LogP contribution in [-0.4, -0.2) is 21.5 Å². The van der Waals surface area contributed by atoms with E-state index < -0.39 is 0 Å². The van der Waals surface area contributed by atoms with Crippen LogP contribution >= 0.6 is 23.2 Å². The largest absolute Gasteiger partial charge is 0.273 e. The van der Waals surface area contributed by atoms with Crippen LogP contribution in [0.4, 0.5) is 0 Å². The van der Waals surface area contributed by atoms with Gasteiger partial charge in [-0.25, -0.2) is 0 Å². The molecule has 1 aromatic heterocycles. The Hall–Kier alpha value is -0.210. The van der Waals surface area contributed by atoms with E-state index in [-0.39, 0.29) is 5.41 Å². The fraction of sp³-hybridized carbons (Fsp3) is 0.700. The molecule has 1 heterocycles. The maximum Gasteiger partial charge on any atom is 0.0521 e. The normalized spacial score (nSPS) is 12.0. The zero-order valence-corrected chi connectivity index (χ0v) is 10.1. The predicted molar refractivity (Wildman–Crippen MR) is 61.2 cm³/mol. The third-order valence-corrected chi connectivity index (χ3v) is 3.58. The molecule has 0 unspecified atom stereocenters. The average molecular weight is 235 g/mol. The van der Waals surface area contributed by atoms with Gasteiger partial charge in [0.1, 0.15) is 0 Å². The summed E-state index contributed by atoms with van der Waals surface area (Å²) in [6.45, 7) is 5.06. The lowest BCUT2D eigenvalue weighted by Crippen LogP contribution is -2.23. The zero-order valence-electron chi connectivity index (χ0n) is 8.63. The van der Waals surface area contributed by atoms with Crippen LogP contribution in [0, 0.1) is 5.41 Å². The number of aryl methyl sites for hydroxylation is 1. The molecule has 0 saturated heterocycles. The Morgan fingerprint density at radius 1 is 1.43 bits per heavy atom. The lowest BCUT2D eigenvalue weighted by molar-refractivity contribution is 0.425. The molecule has 0 aliphatic rings. The molecule has 0 aliphatic carbocycles. The average Bonchev–Trinajstić information content (AvgIpc) is 2.65. The van der Waals surface area contributed by atoms with Gasteiger partial charge < -0.3 is 0 Å². The molecule has 14 heavy (non-hydrogen) atoms. The molecule has 0 atom stereocenters. The minimum atomic E-state index is -0.0231. The lowest BCUT2D eigenvalue weighted by atomic mass is 9.89. The molecule has 1 aromatic rings. The van der Waals surface area contributed by atoms with Crippen LogP contribution in [0.2, 0.25) is 0 Å². The van der Waals surface area contributed by atoms with Crippen molar-refractivity contribution in [2.45, 2.75) is 26.8 Å². The first-order valence-corrected chi connectivity index (χ1v) is 5.83. The van der Waals surface area contributed by atoms with E-state index in [0.29, 0.717) is 11.8 Å². The number of alkyl halides is 2. The summed E-state index contributed by atoms with van der Waals surface area (Å²) in [6, 6.07) is 0. The van der Waals surface area contributed by atoms with Crippen molar-refractivity contribution in [3.63, 3.8) is 0 Å². The second-order valence-electron chi connectivity index (χ2n) is 3.96. The number of hydrogen-bond donors (Lipinski definition) is 0. The predicted octanol–water partition coefficient (Wildman–Crippen LogP) is 2.93. The van der Waals surface area contributed by atoms with Gasteiger partial charge in [0.15, 0.2) is 0 Å². The molecule has 0 amide bonds. The molecule has 1 rings (SSSR count). The van der Waals surface area contributed by atoms with Gasteiger partial charge in [0.05, 0.1) is 6.20 Å². The van der Waals surface area contributed by atoms with E-state index in [1.54, 1.807) is 0 Å². The van der Waals surface area contributed by atoms with E-state index in [1.807, 2.05) is 10.9 Å². The molecule has 0 bridgehead atoms. The smallest absolute Gasteiger partial charge is 0.0521 e. The molecular formula is C10H16Cl2N2. The third kappa shape index (κ3) is 2.89. The van der Waals surface area contributed by atoms with E-state index >= 15 is 0 Å². The number of hydrogen-bond acceptors (Lipinski definition) is 1. The highest BCUT2D eigenvalue weighted by atomic mass is 35.5. The Morgan fingerprint density at radius 2 is 2.07 bits per heavy atom. The monoisotopic (exact) mass is 234 g/mol. The highest BCUT2D eigenvalue weighted by molar-refractivity contribution is 6.21. The van der Waals surface area contributed by atoms with Crippen LogP contribution in [-0.2, 0) is 13.0 Å². The number of halogens is 2. The standard InChI is InChI=1S/C10H16Cl2N2/c1-3-14-6-9(5-13-14)4-10(2,7-11)8-12/h5-6H,3-4,7-8H2,1-2H3. The van der Waals surface area contributed by atoms with Crippen LogP contribution < -0.4 is 0 Å². The summed E-state index contributed by atoms with van der Waals surface area (Å²) in [7, 11) is 0. The van der Waals surface area contributed by atoms with E-state index in [0.717, 1.165) is 13.0 Å². The van der Waals surface area contributed by atoms with Crippen LogP contribution in [0.25, 0.3) is 0 Å². The van der Waals surface area contributed by atoms with Crippen molar-refractivity contribution in [1.82, 2.24) is 9.78 Å². The molecule has 0 spiro atoms. The van der Waals surface area contributed by atoms with Crippen molar-refractivity contribution in [2.24, 2.45) is 5.41 Å². The van der Waals surface area contributed by atoms with E-state index in [2.05, 4.69) is 25.1 Å². The second kappa shape index (κ2) is 5.04. The molecule has 2 nitrogen and oxygen atoms in total. The van der Waals surface area contributed by atoms with Crippen LogP contribution in [0.3, 0.4) is 0 Å². The van der Waals surface area contributed by atoms with E-state index in [9.17, 15) is 0 Å². The van der Waals surface area contributed by atoms with Gasteiger partial charge in [-0.3, -0.25) is 4.68 Å². The fourth-order valence-electron chi connectivity index (χ4n) is 1.29. The molecular weight excluding hydrogens is 219 g/mol. The highest BCUT2D eigenvalue weighted by Gasteiger charge is 2.23. The Labute approximate surface area is 95.2 Å². The molecule has 0 aliphatic heterocycles. The van der Waals surface area contributed by atoms with Gasteiger partial charge >= 0.3 is 0 Å². The summed E-state index contributed by atoms with van der Waals surface area (Å²) in [5.41, 5.74) is 1.18. The molecule has 0 fully saturated rings. The number of nitrogens with zero attached hydrogens (tertiary/aromatic N) is 2. The maximum absolute atomic E-state index is 5.89. The summed E-state index contributed by atoms with van der Waals surface area (Å²) in [6.07, 6.45) is 4.83. The SMILES string of the molecule is CCn1cc(CC(C)(CCl)CCl)cn1. The number of aromatic nitrogens is 2. The Bertz CT molecular complexity index is 279. The Balaban J connectivity index is 2.67. The molecule has 0 saturated carbocycles. The summed E-state index contributed by atoms with van der Waals surface area (Å²) in [5.74, 6) is 1.15. The molecule has 0 N–H and O–H groups in total. The summed E-state index contributed by atoms with van der Waals surface area (Å²) in [4.78, 5) is 0. The molecule has 4 heteroatoms. The van der Waals surface area contributed by atoms with Gasteiger partial charge in [0.25, 0.3) is 0 Å². The third-order valence-electron chi connectivity index (χ3n) is 2.29. The molecule has 0 aromatic carbocycles. The van der Waals surface area contributed by atoms with Gasteiger partial charge in [0.2, 0.25) is 0 Å². The highest BCUT2D eigenvalue weighted by Crippen LogP contribution is 2.25. The zero-order chi connectivity index (χ0) is 10.6. The summed E-state index contributed by atoms with van der Waals surface area (Å²) < 4.78 is 1.91. The Morgan fingerprint density at radius 3 is 2.50 bits per heavy atom. The van der Waals surface area contributed by atoms with Crippen LogP contribution in [0.1, 0.15) is 19.4 Å². The first kappa shape index (κ1) is 11.9. The molecule has 80 valence electrons. The van der Waals surface area contributed by atoms with Crippen molar-refractivity contribution >= 4 is 23.2 Å². The van der Waals surface area contributed by atoms with Gasteiger partial charge in [-0.05, 0) is 24.3 Å². The van der Waals surface area contributed by atoms with Crippen LogP contribution in [0.5, 0.6) is 0 Å². The minimum Gasteiger partial charge on any atom is -0.273 e. The van der Waals surface area contributed by atoms with Crippen molar-refractivity contribution < 1.29 is 0 Å². The lowest BCUT2D eigenvalue weighted by Gasteiger charge is -2.23. The first-order valence-electron chi connectivity index (χ1n) is 4.77. The second-order valence-corrected chi connectivity index (χ2v) is 4.49. The van der Waals surface area contributed by atoms with Crippen molar-refractivity contribution in [1.29, 1.82) is 0 Å². The van der Waals surface area contributed by atoms with Gasteiger partial charge in [0, 0.05) is 24.5 Å². The van der Waals surface area contributed by atoms with Crippen molar-refractivity contribution in [2.75, 3.05) is 11.8 Å². The van der Waals surface area contributed by atoms with E-state index in [4.69, 9.17) is 23.2 Å². The summed E-state index contributed by atoms with van der Waals surface area (Å²) in [5, 5.41) is 4.22. The van der Waals surface area contributed by atoms with E-state index in [1.165, 1.54) is 5.56 Å². The van der Waals surface area contributed by atoms with Crippen molar-refractivity contribution in [3.05, 3.63) is 18.0 Å². The quantitative estimate of drug-likeness (QED) is 0.717. The van der Waals surface area contributed by atoms with Gasteiger partial charge in [-0.15, -0.1) is 23.2 Å². The van der Waals surface area contributed by atoms with Crippen LogP contribution in [0.15, 0.2) is 12.4 Å².